The van der Waals surface area contributed by atoms with Crippen molar-refractivity contribution >= 4 is 17.2 Å². The van der Waals surface area contributed by atoms with E-state index in [0.29, 0.717) is 17.8 Å². The molecule has 0 bridgehead atoms. The minimum absolute atomic E-state index is 0.103. The second kappa shape index (κ2) is 13.4. The van der Waals surface area contributed by atoms with Crippen molar-refractivity contribution in [2.45, 2.75) is 39.5 Å². The number of pyridine rings is 1. The number of benzene rings is 1. The highest BCUT2D eigenvalue weighted by atomic mass is 19.3. The van der Waals surface area contributed by atoms with Crippen molar-refractivity contribution in [1.29, 1.82) is 0 Å². The average Bonchev–Trinajstić information content (AvgIpc) is 2.76. The van der Waals surface area contributed by atoms with Gasteiger partial charge >= 0.3 is 0 Å². The van der Waals surface area contributed by atoms with Gasteiger partial charge in [0.25, 0.3) is 12.3 Å². The van der Waals surface area contributed by atoms with Gasteiger partial charge in [-0.25, -0.2) is 13.8 Å². The monoisotopic (exact) mass is 415 g/mol. The second-order valence-electron chi connectivity index (χ2n) is 6.89. The molecule has 0 unspecified atom stereocenters. The highest BCUT2D eigenvalue weighted by Gasteiger charge is 2.12. The zero-order chi connectivity index (χ0) is 22.5. The molecular formula is C24H31F2N3O. The van der Waals surface area contributed by atoms with Gasteiger partial charge in [0, 0.05) is 21.1 Å². The molecule has 0 aliphatic heterocycles. The molecule has 0 radical (unpaired) electrons. The number of hydrogen-bond acceptors (Lipinski definition) is 3. The SMILES string of the molecule is CCc1ccccc1.CN=C(CC/C=C(\C)c1cccc(C(=O)N(C)C)n1)C(F)F. The lowest BCUT2D eigenvalue weighted by molar-refractivity contribution is 0.0822. The number of hydrogen-bond donors (Lipinski definition) is 0. The van der Waals surface area contributed by atoms with Gasteiger partial charge in [-0.05, 0) is 49.5 Å². The Morgan fingerprint density at radius 2 is 1.73 bits per heavy atom. The molecule has 0 aliphatic carbocycles. The van der Waals surface area contributed by atoms with Crippen molar-refractivity contribution in [1.82, 2.24) is 9.88 Å². The summed E-state index contributed by atoms with van der Waals surface area (Å²) in [6.45, 7) is 4.01. The predicted molar refractivity (Wildman–Crippen MR) is 120 cm³/mol. The van der Waals surface area contributed by atoms with E-state index in [1.54, 1.807) is 32.3 Å². The molecule has 0 aliphatic rings. The molecule has 1 aromatic heterocycles. The molecule has 0 spiro atoms. The lowest BCUT2D eigenvalue weighted by Gasteiger charge is -2.10. The molecule has 2 aromatic rings. The van der Waals surface area contributed by atoms with Gasteiger partial charge < -0.3 is 4.90 Å². The summed E-state index contributed by atoms with van der Waals surface area (Å²) in [5.74, 6) is -0.173. The van der Waals surface area contributed by atoms with Crippen molar-refractivity contribution < 1.29 is 13.6 Å². The highest BCUT2D eigenvalue weighted by Crippen LogP contribution is 2.15. The van der Waals surface area contributed by atoms with E-state index >= 15 is 0 Å². The number of amides is 1. The normalized spacial score (nSPS) is 11.7. The zero-order valence-corrected chi connectivity index (χ0v) is 18.4. The maximum Gasteiger partial charge on any atom is 0.276 e. The number of carbonyl (C=O) groups excluding carboxylic acids is 1. The third kappa shape index (κ3) is 8.64. The van der Waals surface area contributed by atoms with Gasteiger partial charge in [0.2, 0.25) is 0 Å². The summed E-state index contributed by atoms with van der Waals surface area (Å²) >= 11 is 0. The molecule has 4 nitrogen and oxygen atoms in total. The average molecular weight is 416 g/mol. The van der Waals surface area contributed by atoms with E-state index in [2.05, 4.69) is 41.2 Å². The first kappa shape index (κ1) is 25.1. The number of nitrogens with zero attached hydrogens (tertiary/aromatic N) is 3. The quantitative estimate of drug-likeness (QED) is 0.557. The first-order chi connectivity index (χ1) is 14.3. The zero-order valence-electron chi connectivity index (χ0n) is 18.4. The molecular weight excluding hydrogens is 384 g/mol. The minimum Gasteiger partial charge on any atom is -0.343 e. The highest BCUT2D eigenvalue weighted by molar-refractivity contribution is 5.92. The van der Waals surface area contributed by atoms with Gasteiger partial charge in [-0.15, -0.1) is 0 Å². The fraction of sp³-hybridized carbons (Fsp3) is 0.375. The molecule has 1 amide bonds. The lowest BCUT2D eigenvalue weighted by atomic mass is 10.1. The van der Waals surface area contributed by atoms with Gasteiger partial charge in [0.05, 0.1) is 11.4 Å². The number of allylic oxidation sites excluding steroid dienone is 2. The molecule has 0 atom stereocenters. The van der Waals surface area contributed by atoms with E-state index in [0.717, 1.165) is 12.0 Å². The third-order valence-electron chi connectivity index (χ3n) is 4.42. The van der Waals surface area contributed by atoms with Crippen LogP contribution in [0.25, 0.3) is 5.57 Å². The Labute approximate surface area is 178 Å². The predicted octanol–water partition coefficient (Wildman–Crippen LogP) is 5.55. The van der Waals surface area contributed by atoms with Gasteiger partial charge in [-0.1, -0.05) is 49.4 Å². The Bertz CT molecular complexity index is 847. The maximum atomic E-state index is 12.6. The molecule has 0 saturated carbocycles. The van der Waals surface area contributed by atoms with Gasteiger partial charge in [-0.3, -0.25) is 9.79 Å². The fourth-order valence-corrected chi connectivity index (χ4v) is 2.58. The Morgan fingerprint density at radius 3 is 2.23 bits per heavy atom. The van der Waals surface area contributed by atoms with Crippen molar-refractivity contribution in [2.24, 2.45) is 4.99 Å². The lowest BCUT2D eigenvalue weighted by Crippen LogP contribution is -2.22. The van der Waals surface area contributed by atoms with Crippen LogP contribution in [-0.2, 0) is 6.42 Å². The molecule has 0 N–H and O–H groups in total. The van der Waals surface area contributed by atoms with Crippen LogP contribution < -0.4 is 0 Å². The van der Waals surface area contributed by atoms with E-state index < -0.39 is 6.43 Å². The Balaban J connectivity index is 0.000000467. The van der Waals surface area contributed by atoms with E-state index in [9.17, 15) is 13.6 Å². The van der Waals surface area contributed by atoms with Crippen molar-refractivity contribution in [3.63, 3.8) is 0 Å². The number of aliphatic imine (C=N–C) groups is 1. The number of rotatable bonds is 7. The summed E-state index contributed by atoms with van der Waals surface area (Å²) in [7, 11) is 4.70. The first-order valence-electron chi connectivity index (χ1n) is 9.93. The number of aryl methyl sites for hydroxylation is 1. The van der Waals surface area contributed by atoms with Crippen LogP contribution in [0.15, 0.2) is 59.6 Å². The Hall–Kier alpha value is -2.89. The van der Waals surface area contributed by atoms with Crippen LogP contribution in [0.2, 0.25) is 0 Å². The summed E-state index contributed by atoms with van der Waals surface area (Å²) < 4.78 is 25.1. The van der Waals surface area contributed by atoms with Crippen LogP contribution in [0.5, 0.6) is 0 Å². The number of halogens is 2. The number of aromatic nitrogens is 1. The first-order valence-corrected chi connectivity index (χ1v) is 9.93. The molecule has 2 rings (SSSR count). The molecule has 30 heavy (non-hydrogen) atoms. The van der Waals surface area contributed by atoms with Crippen molar-refractivity contribution in [3.8, 4) is 0 Å². The van der Waals surface area contributed by atoms with E-state index in [1.165, 1.54) is 17.5 Å². The van der Waals surface area contributed by atoms with Crippen LogP contribution in [0, 0.1) is 0 Å². The summed E-state index contributed by atoms with van der Waals surface area (Å²) in [6, 6.07) is 15.7. The molecule has 0 fully saturated rings. The van der Waals surface area contributed by atoms with Crippen LogP contribution in [0.1, 0.15) is 48.4 Å². The number of carbonyl (C=O) groups is 1. The summed E-state index contributed by atoms with van der Waals surface area (Å²) in [4.78, 5) is 21.2. The van der Waals surface area contributed by atoms with Crippen LogP contribution in [-0.4, -0.2) is 49.1 Å². The number of alkyl halides is 2. The summed E-state index contributed by atoms with van der Waals surface area (Å²) in [5, 5.41) is 0. The third-order valence-corrected chi connectivity index (χ3v) is 4.42. The van der Waals surface area contributed by atoms with E-state index in [-0.39, 0.29) is 18.0 Å². The van der Waals surface area contributed by atoms with Crippen molar-refractivity contribution in [3.05, 3.63) is 71.6 Å². The largest absolute Gasteiger partial charge is 0.343 e. The van der Waals surface area contributed by atoms with Gasteiger partial charge in [-0.2, -0.15) is 0 Å². The minimum atomic E-state index is -2.52. The Kier molecular flexibility index (Phi) is 11.2. The van der Waals surface area contributed by atoms with Crippen molar-refractivity contribution in [2.75, 3.05) is 21.1 Å². The van der Waals surface area contributed by atoms with Gasteiger partial charge in [0.1, 0.15) is 5.69 Å². The van der Waals surface area contributed by atoms with E-state index in [1.807, 2.05) is 19.1 Å². The molecule has 6 heteroatoms. The van der Waals surface area contributed by atoms with E-state index in [4.69, 9.17) is 0 Å². The Morgan fingerprint density at radius 1 is 1.10 bits per heavy atom. The van der Waals surface area contributed by atoms with Gasteiger partial charge in [0.15, 0.2) is 0 Å². The second-order valence-corrected chi connectivity index (χ2v) is 6.89. The summed E-state index contributed by atoms with van der Waals surface area (Å²) in [5.41, 5.74) is 3.18. The summed E-state index contributed by atoms with van der Waals surface area (Å²) in [6.07, 6.45) is 1.12. The smallest absolute Gasteiger partial charge is 0.276 e. The van der Waals surface area contributed by atoms with Crippen LogP contribution in [0.3, 0.4) is 0 Å². The molecule has 162 valence electrons. The van der Waals surface area contributed by atoms with Crippen LogP contribution in [0.4, 0.5) is 8.78 Å². The maximum absolute atomic E-state index is 12.6. The molecule has 1 aromatic carbocycles. The fourth-order valence-electron chi connectivity index (χ4n) is 2.58. The topological polar surface area (TPSA) is 45.6 Å². The van der Waals surface area contributed by atoms with Crippen LogP contribution >= 0.6 is 0 Å². The standard InChI is InChI=1S/C16H21F2N3O.C8H10/c1-11(7-5-9-13(19-2)15(17)18)12-8-6-10-14(20-12)16(22)21(3)4;1-2-8-6-4-3-5-7-8/h6-8,10,15H,5,9H2,1-4H3;3-7H,2H2,1H3/b11-7+,19-13?;. The molecule has 0 saturated heterocycles. The molecule has 1 heterocycles.